The normalized spacial score (nSPS) is 10.5. The number of nitrogens with zero attached hydrogens (tertiary/aromatic N) is 3. The van der Waals surface area contributed by atoms with Crippen LogP contribution in [0.15, 0.2) is 55.1 Å². The minimum absolute atomic E-state index is 0.0536. The van der Waals surface area contributed by atoms with Gasteiger partial charge in [-0.1, -0.05) is 12.1 Å². The Morgan fingerprint density at radius 2 is 2.08 bits per heavy atom. The molecule has 3 aromatic rings. The van der Waals surface area contributed by atoms with E-state index < -0.39 is 5.82 Å². The van der Waals surface area contributed by atoms with Crippen LogP contribution in [0, 0.1) is 5.82 Å². The predicted octanol–water partition coefficient (Wildman–Crippen LogP) is 2.32. The van der Waals surface area contributed by atoms with E-state index in [0.717, 1.165) is 16.7 Å². The van der Waals surface area contributed by atoms with E-state index in [1.165, 1.54) is 12.1 Å². The lowest BCUT2D eigenvalue weighted by Crippen LogP contribution is -2.28. The van der Waals surface area contributed by atoms with Crippen LogP contribution in [0.3, 0.4) is 0 Å². The summed E-state index contributed by atoms with van der Waals surface area (Å²) in [5.74, 6) is -0.781. The van der Waals surface area contributed by atoms with Crippen LogP contribution < -0.4 is 10.1 Å². The molecule has 7 heteroatoms. The van der Waals surface area contributed by atoms with Crippen LogP contribution in [-0.4, -0.2) is 27.3 Å². The number of benzene rings is 1. The number of aryl methyl sites for hydroxylation is 1. The molecule has 3 rings (SSSR count). The number of hydrogen-bond donors (Lipinski definition) is 1. The topological polar surface area (TPSA) is 69.0 Å². The number of aromatic nitrogens is 3. The fraction of sp³-hybridized carbons (Fsp3) is 0.167. The molecule has 0 atom stereocenters. The number of ether oxygens (including phenoxy) is 1. The van der Waals surface area contributed by atoms with Gasteiger partial charge >= 0.3 is 0 Å². The van der Waals surface area contributed by atoms with Crippen molar-refractivity contribution >= 4 is 5.91 Å². The monoisotopic (exact) mass is 340 g/mol. The van der Waals surface area contributed by atoms with Gasteiger partial charge in [0, 0.05) is 43.3 Å². The van der Waals surface area contributed by atoms with Crippen LogP contribution in [0.1, 0.15) is 5.56 Å². The first-order valence-corrected chi connectivity index (χ1v) is 7.69. The Labute approximate surface area is 144 Å². The highest BCUT2D eigenvalue weighted by Crippen LogP contribution is 2.18. The van der Waals surface area contributed by atoms with Crippen LogP contribution in [0.5, 0.6) is 5.75 Å². The molecule has 1 N–H and O–H groups in total. The van der Waals surface area contributed by atoms with Gasteiger partial charge in [0.05, 0.1) is 6.20 Å². The van der Waals surface area contributed by atoms with E-state index in [4.69, 9.17) is 4.74 Å². The van der Waals surface area contributed by atoms with Gasteiger partial charge in [-0.3, -0.25) is 14.5 Å². The van der Waals surface area contributed by atoms with Crippen LogP contribution in [0.25, 0.3) is 11.1 Å². The lowest BCUT2D eigenvalue weighted by atomic mass is 10.1. The third-order valence-corrected chi connectivity index (χ3v) is 3.52. The molecule has 6 nitrogen and oxygen atoms in total. The Morgan fingerprint density at radius 1 is 1.24 bits per heavy atom. The molecular weight excluding hydrogens is 323 g/mol. The minimum Gasteiger partial charge on any atom is -0.481 e. The van der Waals surface area contributed by atoms with E-state index in [1.54, 1.807) is 35.4 Å². The molecule has 0 spiro atoms. The molecule has 0 saturated carbocycles. The maximum atomic E-state index is 13.4. The largest absolute Gasteiger partial charge is 0.481 e. The Balaban J connectivity index is 1.55. The average molecular weight is 340 g/mol. The number of para-hydroxylation sites is 1. The van der Waals surface area contributed by atoms with Crippen molar-refractivity contribution in [3.63, 3.8) is 0 Å². The highest BCUT2D eigenvalue weighted by molar-refractivity contribution is 5.77. The zero-order valence-electron chi connectivity index (χ0n) is 13.6. The van der Waals surface area contributed by atoms with Gasteiger partial charge < -0.3 is 10.1 Å². The second-order valence-electron chi connectivity index (χ2n) is 5.48. The van der Waals surface area contributed by atoms with Crippen molar-refractivity contribution < 1.29 is 13.9 Å². The van der Waals surface area contributed by atoms with Crippen LogP contribution >= 0.6 is 0 Å². The van der Waals surface area contributed by atoms with Gasteiger partial charge in [-0.2, -0.15) is 5.10 Å². The fourth-order valence-electron chi connectivity index (χ4n) is 2.27. The summed E-state index contributed by atoms with van der Waals surface area (Å²) in [6.07, 6.45) is 7.06. The Hall–Kier alpha value is -3.22. The second kappa shape index (κ2) is 7.57. The molecule has 0 aliphatic carbocycles. The fourth-order valence-corrected chi connectivity index (χ4v) is 2.27. The number of carbonyl (C=O) groups is 1. The lowest BCUT2D eigenvalue weighted by molar-refractivity contribution is -0.123. The van der Waals surface area contributed by atoms with Crippen molar-refractivity contribution in [3.8, 4) is 16.9 Å². The molecule has 2 aromatic heterocycles. The van der Waals surface area contributed by atoms with Gasteiger partial charge in [0.15, 0.2) is 18.2 Å². The molecule has 0 unspecified atom stereocenters. The van der Waals surface area contributed by atoms with E-state index in [1.807, 2.05) is 19.3 Å². The summed E-state index contributed by atoms with van der Waals surface area (Å²) in [5, 5.41) is 6.85. The summed E-state index contributed by atoms with van der Waals surface area (Å²) in [6.45, 7) is 0.0528. The predicted molar refractivity (Wildman–Crippen MR) is 90.2 cm³/mol. The highest BCUT2D eigenvalue weighted by atomic mass is 19.1. The van der Waals surface area contributed by atoms with Gasteiger partial charge in [-0.25, -0.2) is 4.39 Å². The molecule has 2 heterocycles. The molecule has 0 fully saturated rings. The number of carbonyl (C=O) groups excluding carboxylic acids is 1. The van der Waals surface area contributed by atoms with Crippen LogP contribution in [0.2, 0.25) is 0 Å². The summed E-state index contributed by atoms with van der Waals surface area (Å²) < 4.78 is 20.3. The van der Waals surface area contributed by atoms with Crippen molar-refractivity contribution in [1.82, 2.24) is 20.1 Å². The standard InChI is InChI=1S/C18H17FN4O2/c1-23-11-15(10-22-23)14-6-13(7-20-9-14)8-21-18(24)12-25-17-5-3-2-4-16(17)19/h2-7,9-11H,8,12H2,1H3,(H,21,24). The zero-order chi connectivity index (χ0) is 17.6. The Bertz CT molecular complexity index is 879. The van der Waals surface area contributed by atoms with Crippen molar-refractivity contribution in [2.45, 2.75) is 6.54 Å². The third-order valence-electron chi connectivity index (χ3n) is 3.52. The summed E-state index contributed by atoms with van der Waals surface area (Å²) in [4.78, 5) is 16.1. The average Bonchev–Trinajstić information content (AvgIpc) is 3.06. The third kappa shape index (κ3) is 4.41. The van der Waals surface area contributed by atoms with Gasteiger partial charge in [0.25, 0.3) is 5.91 Å². The number of nitrogens with one attached hydrogen (secondary N) is 1. The van der Waals surface area contributed by atoms with Gasteiger partial charge in [0.2, 0.25) is 0 Å². The number of pyridine rings is 1. The summed E-state index contributed by atoms with van der Waals surface area (Å²) >= 11 is 0. The zero-order valence-corrected chi connectivity index (χ0v) is 13.6. The Kier molecular flexibility index (Phi) is 5.03. The van der Waals surface area contributed by atoms with E-state index in [2.05, 4.69) is 15.4 Å². The number of amides is 1. The molecule has 128 valence electrons. The van der Waals surface area contributed by atoms with Crippen molar-refractivity contribution in [2.75, 3.05) is 6.61 Å². The highest BCUT2D eigenvalue weighted by Gasteiger charge is 2.07. The van der Waals surface area contributed by atoms with Gasteiger partial charge in [-0.15, -0.1) is 0 Å². The first-order valence-electron chi connectivity index (χ1n) is 7.69. The smallest absolute Gasteiger partial charge is 0.258 e. The molecule has 1 aromatic carbocycles. The van der Waals surface area contributed by atoms with Crippen molar-refractivity contribution in [1.29, 1.82) is 0 Å². The summed E-state index contributed by atoms with van der Waals surface area (Å²) in [7, 11) is 1.84. The van der Waals surface area contributed by atoms with Gasteiger partial charge in [0.1, 0.15) is 0 Å². The van der Waals surface area contributed by atoms with Crippen molar-refractivity contribution in [2.24, 2.45) is 7.05 Å². The molecule has 0 saturated heterocycles. The van der Waals surface area contributed by atoms with E-state index in [0.29, 0.717) is 6.54 Å². The molecule has 0 aliphatic heterocycles. The summed E-state index contributed by atoms with van der Waals surface area (Å²) in [5.41, 5.74) is 2.72. The van der Waals surface area contributed by atoms with Gasteiger partial charge in [-0.05, 0) is 23.8 Å². The van der Waals surface area contributed by atoms with E-state index >= 15 is 0 Å². The van der Waals surface area contributed by atoms with Crippen LogP contribution in [0.4, 0.5) is 4.39 Å². The number of halogens is 1. The quantitative estimate of drug-likeness (QED) is 0.748. The molecule has 0 bridgehead atoms. The molecular formula is C18H17FN4O2. The SMILES string of the molecule is Cn1cc(-c2cncc(CNC(=O)COc3ccccc3F)c2)cn1. The maximum absolute atomic E-state index is 13.4. The maximum Gasteiger partial charge on any atom is 0.258 e. The van der Waals surface area contributed by atoms with E-state index in [9.17, 15) is 9.18 Å². The number of hydrogen-bond acceptors (Lipinski definition) is 4. The number of rotatable bonds is 6. The molecule has 1 amide bonds. The molecule has 0 aliphatic rings. The molecule has 0 radical (unpaired) electrons. The van der Waals surface area contributed by atoms with Crippen LogP contribution in [-0.2, 0) is 18.4 Å². The second-order valence-corrected chi connectivity index (χ2v) is 5.48. The summed E-state index contributed by atoms with van der Waals surface area (Å²) in [6, 6.07) is 7.89. The van der Waals surface area contributed by atoms with E-state index in [-0.39, 0.29) is 18.3 Å². The first kappa shape index (κ1) is 16.6. The molecule has 25 heavy (non-hydrogen) atoms. The van der Waals surface area contributed by atoms with Crippen molar-refractivity contribution in [3.05, 3.63) is 66.5 Å². The lowest BCUT2D eigenvalue weighted by Gasteiger charge is -2.08. The Morgan fingerprint density at radius 3 is 2.84 bits per heavy atom. The first-order chi connectivity index (χ1) is 12.1. The minimum atomic E-state index is -0.497.